The molecule has 4 aromatic rings. The maximum Gasteiger partial charge on any atom is 0.238 e. The number of halogens is 1. The van der Waals surface area contributed by atoms with E-state index >= 15 is 0 Å². The number of ether oxygens (including phenoxy) is 1. The number of nitrogens with one attached hydrogen (secondary N) is 1. The van der Waals surface area contributed by atoms with Gasteiger partial charge in [-0.15, -0.1) is 0 Å². The van der Waals surface area contributed by atoms with Gasteiger partial charge in [0.1, 0.15) is 17.2 Å². The third kappa shape index (κ3) is 3.65. The topological polar surface area (TPSA) is 75.7 Å². The number of Topliss-reactive ketones (excluding diaryl/α,β-unsaturated/α-hetero) is 2. The number of nitrogens with zero attached hydrogens (tertiary/aromatic N) is 1. The van der Waals surface area contributed by atoms with E-state index in [1.165, 1.54) is 0 Å². The normalized spacial score (nSPS) is 23.5. The molecule has 0 bridgehead atoms. The third-order valence-electron chi connectivity index (χ3n) is 8.58. The summed E-state index contributed by atoms with van der Waals surface area (Å²) in [5.74, 6) is -1.27. The molecule has 0 aliphatic carbocycles. The minimum Gasteiger partial charge on any atom is -0.497 e. The number of para-hydroxylation sites is 2. The number of carbonyl (C=O) groups is 3. The van der Waals surface area contributed by atoms with Gasteiger partial charge in [0.15, 0.2) is 11.6 Å². The maximum atomic E-state index is 14.8. The highest BCUT2D eigenvalue weighted by atomic mass is 79.9. The molecule has 6 nitrogen and oxygen atoms in total. The van der Waals surface area contributed by atoms with Gasteiger partial charge in [0, 0.05) is 27.0 Å². The van der Waals surface area contributed by atoms with Crippen LogP contribution in [0.5, 0.6) is 5.75 Å². The molecule has 3 aliphatic heterocycles. The van der Waals surface area contributed by atoms with Crippen LogP contribution in [0.25, 0.3) is 6.08 Å². The number of ketones is 2. The standard InChI is InChI=1S/C34H25BrN2O4/c1-41-24-9-6-8-22(19-24)32(39)30-29(31(38)21-13-16-23(35)17-14-21)34(25-10-3-4-11-26(25)36-33(34)40)28-18-15-20-7-2-5-12-27(20)37(28)30/h2-19,28-30H,1H3,(H,36,40)/t28-,29-,30+,34+/m1/s1. The van der Waals surface area contributed by atoms with Crippen molar-refractivity contribution >= 4 is 50.9 Å². The van der Waals surface area contributed by atoms with Crippen LogP contribution in [-0.2, 0) is 10.2 Å². The van der Waals surface area contributed by atoms with Gasteiger partial charge < -0.3 is 15.0 Å². The van der Waals surface area contributed by atoms with Crippen molar-refractivity contribution in [2.75, 3.05) is 17.3 Å². The largest absolute Gasteiger partial charge is 0.497 e. The van der Waals surface area contributed by atoms with Crippen molar-refractivity contribution in [2.45, 2.75) is 17.5 Å². The molecular weight excluding hydrogens is 580 g/mol. The fourth-order valence-electron chi connectivity index (χ4n) is 6.86. The fourth-order valence-corrected chi connectivity index (χ4v) is 7.12. The summed E-state index contributed by atoms with van der Waals surface area (Å²) < 4.78 is 6.26. The van der Waals surface area contributed by atoms with Crippen molar-refractivity contribution in [2.24, 2.45) is 5.92 Å². The number of fused-ring (bicyclic) bond motifs is 6. The predicted octanol–water partition coefficient (Wildman–Crippen LogP) is 6.31. The van der Waals surface area contributed by atoms with Gasteiger partial charge in [-0.25, -0.2) is 0 Å². The van der Waals surface area contributed by atoms with Gasteiger partial charge in [-0.05, 0) is 47.5 Å². The van der Waals surface area contributed by atoms with Crippen molar-refractivity contribution in [1.82, 2.24) is 0 Å². The van der Waals surface area contributed by atoms with Crippen molar-refractivity contribution in [3.8, 4) is 5.75 Å². The number of carbonyl (C=O) groups excluding carboxylic acids is 3. The highest BCUT2D eigenvalue weighted by Crippen LogP contribution is 2.58. The van der Waals surface area contributed by atoms with Gasteiger partial charge in [0.2, 0.25) is 5.91 Å². The highest BCUT2D eigenvalue weighted by Gasteiger charge is 2.70. The van der Waals surface area contributed by atoms with E-state index in [4.69, 9.17) is 4.74 Å². The minimum atomic E-state index is -1.34. The van der Waals surface area contributed by atoms with E-state index in [-0.39, 0.29) is 17.5 Å². The lowest BCUT2D eigenvalue weighted by atomic mass is 9.64. The van der Waals surface area contributed by atoms with Crippen molar-refractivity contribution in [3.05, 3.63) is 130 Å². The summed E-state index contributed by atoms with van der Waals surface area (Å²) in [6, 6.07) is 27.8. The van der Waals surface area contributed by atoms with Crippen molar-refractivity contribution in [3.63, 3.8) is 0 Å². The molecule has 4 aromatic carbocycles. The molecule has 0 unspecified atom stereocenters. The van der Waals surface area contributed by atoms with Crippen LogP contribution in [0.2, 0.25) is 0 Å². The molecule has 41 heavy (non-hydrogen) atoms. The zero-order valence-corrected chi connectivity index (χ0v) is 23.7. The van der Waals surface area contributed by atoms with Crippen LogP contribution in [0.15, 0.2) is 108 Å². The quantitative estimate of drug-likeness (QED) is 0.270. The predicted molar refractivity (Wildman–Crippen MR) is 162 cm³/mol. The zero-order valence-electron chi connectivity index (χ0n) is 22.1. The van der Waals surface area contributed by atoms with E-state index in [2.05, 4.69) is 21.2 Å². The van der Waals surface area contributed by atoms with Crippen LogP contribution in [0.1, 0.15) is 31.8 Å². The molecule has 7 heteroatoms. The first-order valence-electron chi connectivity index (χ1n) is 13.4. The van der Waals surface area contributed by atoms with E-state index in [0.717, 1.165) is 21.3 Å². The summed E-state index contributed by atoms with van der Waals surface area (Å²) in [5, 5.41) is 3.06. The molecule has 1 saturated heterocycles. The molecule has 1 amide bonds. The molecule has 3 aliphatic rings. The number of methoxy groups -OCH3 is 1. The SMILES string of the molecule is COc1cccc(C(=O)[C@@H]2[C@H](C(=O)c3ccc(Br)cc3)[C@@]3(C(=O)Nc4ccccc43)[C@H]3C=Cc4ccccc4N23)c1. The molecule has 7 rings (SSSR count). The summed E-state index contributed by atoms with van der Waals surface area (Å²) in [6.07, 6.45) is 3.97. The number of hydrogen-bond donors (Lipinski definition) is 1. The molecule has 202 valence electrons. The van der Waals surface area contributed by atoms with Crippen molar-refractivity contribution < 1.29 is 19.1 Å². The Labute approximate surface area is 245 Å². The lowest BCUT2D eigenvalue weighted by Crippen LogP contribution is -2.51. The Morgan fingerprint density at radius 2 is 1.63 bits per heavy atom. The van der Waals surface area contributed by atoms with E-state index in [1.54, 1.807) is 55.6 Å². The van der Waals surface area contributed by atoms with E-state index in [1.807, 2.05) is 65.6 Å². The lowest BCUT2D eigenvalue weighted by Gasteiger charge is -2.37. The third-order valence-corrected chi connectivity index (χ3v) is 9.10. The van der Waals surface area contributed by atoms with Gasteiger partial charge in [0.05, 0.1) is 19.1 Å². The fraction of sp³-hybridized carbons (Fsp3) is 0.147. The van der Waals surface area contributed by atoms with Gasteiger partial charge in [-0.2, -0.15) is 0 Å². The average Bonchev–Trinajstić information content (AvgIpc) is 3.49. The number of benzene rings is 4. The highest BCUT2D eigenvalue weighted by molar-refractivity contribution is 9.10. The number of amides is 1. The van der Waals surface area contributed by atoms with Crippen LogP contribution in [-0.4, -0.2) is 36.7 Å². The second-order valence-corrected chi connectivity index (χ2v) is 11.4. The van der Waals surface area contributed by atoms with Gasteiger partial charge in [0.25, 0.3) is 0 Å². The maximum absolute atomic E-state index is 14.8. The van der Waals surface area contributed by atoms with Crippen LogP contribution in [0.3, 0.4) is 0 Å². The molecule has 1 N–H and O–H groups in total. The number of anilines is 2. The smallest absolute Gasteiger partial charge is 0.238 e. The number of hydrogen-bond acceptors (Lipinski definition) is 5. The minimum absolute atomic E-state index is 0.247. The van der Waals surface area contributed by atoms with E-state index < -0.39 is 23.4 Å². The van der Waals surface area contributed by atoms with Crippen LogP contribution in [0.4, 0.5) is 11.4 Å². The molecule has 1 spiro atoms. The van der Waals surface area contributed by atoms with Gasteiger partial charge in [-0.1, -0.05) is 88.7 Å². The van der Waals surface area contributed by atoms with Gasteiger partial charge >= 0.3 is 0 Å². The lowest BCUT2D eigenvalue weighted by molar-refractivity contribution is -0.121. The van der Waals surface area contributed by atoms with Crippen LogP contribution >= 0.6 is 15.9 Å². The molecule has 1 fully saturated rings. The Balaban J connectivity index is 1.53. The Bertz CT molecular complexity index is 1760. The summed E-state index contributed by atoms with van der Waals surface area (Å²) in [7, 11) is 1.55. The van der Waals surface area contributed by atoms with E-state index in [0.29, 0.717) is 22.6 Å². The second kappa shape index (κ2) is 9.56. The first-order valence-corrected chi connectivity index (χ1v) is 14.2. The summed E-state index contributed by atoms with van der Waals surface area (Å²) in [6.45, 7) is 0. The second-order valence-electron chi connectivity index (χ2n) is 10.5. The number of rotatable bonds is 5. The van der Waals surface area contributed by atoms with E-state index in [9.17, 15) is 14.4 Å². The Morgan fingerprint density at radius 3 is 2.44 bits per heavy atom. The molecule has 0 aromatic heterocycles. The van der Waals surface area contributed by atoms with Gasteiger partial charge in [-0.3, -0.25) is 14.4 Å². The molecule has 0 radical (unpaired) electrons. The molecule has 4 atom stereocenters. The molecule has 3 heterocycles. The molecular formula is C34H25BrN2O4. The Hall–Kier alpha value is -4.49. The monoisotopic (exact) mass is 604 g/mol. The summed E-state index contributed by atoms with van der Waals surface area (Å²) in [4.78, 5) is 45.9. The van der Waals surface area contributed by atoms with Crippen molar-refractivity contribution in [1.29, 1.82) is 0 Å². The van der Waals surface area contributed by atoms with Crippen LogP contribution in [0, 0.1) is 5.92 Å². The average molecular weight is 605 g/mol. The Morgan fingerprint density at radius 1 is 0.878 bits per heavy atom. The van der Waals surface area contributed by atoms with Crippen LogP contribution < -0.4 is 15.0 Å². The Kier molecular flexibility index (Phi) is 5.94. The summed E-state index contributed by atoms with van der Waals surface area (Å²) in [5.41, 5.74) is 2.62. The zero-order chi connectivity index (χ0) is 28.3. The molecule has 0 saturated carbocycles. The summed E-state index contributed by atoms with van der Waals surface area (Å²) >= 11 is 3.46. The first kappa shape index (κ1) is 25.5. The first-order chi connectivity index (χ1) is 19.9.